The maximum atomic E-state index is 3.42. The summed E-state index contributed by atoms with van der Waals surface area (Å²) in [5.41, 5.74) is 0.539. The summed E-state index contributed by atoms with van der Waals surface area (Å²) in [4.78, 5) is 0. The second-order valence-electron chi connectivity index (χ2n) is 4.10. The molecule has 0 aromatic rings. The fourth-order valence-corrected chi connectivity index (χ4v) is 1.74. The van der Waals surface area contributed by atoms with Crippen molar-refractivity contribution in [3.05, 3.63) is 0 Å². The van der Waals surface area contributed by atoms with E-state index in [4.69, 9.17) is 0 Å². The first-order chi connectivity index (χ1) is 6.10. The average molecular weight is 187 g/mol. The van der Waals surface area contributed by atoms with E-state index >= 15 is 0 Å². The molecular weight excluding hydrogens is 158 g/mol. The molecule has 1 heteroatoms. The smallest absolute Gasteiger partial charge is 0.000274 e. The van der Waals surface area contributed by atoms with Crippen LogP contribution >= 0.6 is 0 Å². The van der Waals surface area contributed by atoms with Crippen molar-refractivity contribution in [3.8, 4) is 0 Å². The van der Waals surface area contributed by atoms with Crippen LogP contribution in [0.2, 0.25) is 0 Å². The molecular formula is C12H29N. The number of piperidine rings is 1. The highest BCUT2D eigenvalue weighted by Gasteiger charge is 2.24. The van der Waals surface area contributed by atoms with Gasteiger partial charge in [0.25, 0.3) is 0 Å². The van der Waals surface area contributed by atoms with Crippen LogP contribution in [0.25, 0.3) is 0 Å². The third kappa shape index (κ3) is 8.29. The van der Waals surface area contributed by atoms with Crippen LogP contribution in [0.15, 0.2) is 0 Å². The fourth-order valence-electron chi connectivity index (χ4n) is 1.74. The maximum Gasteiger partial charge on any atom is 0.000274 e. The van der Waals surface area contributed by atoms with Crippen molar-refractivity contribution in [3.63, 3.8) is 0 Å². The van der Waals surface area contributed by atoms with Crippen LogP contribution in [0.5, 0.6) is 0 Å². The summed E-state index contributed by atoms with van der Waals surface area (Å²) in [6.07, 6.45) is 1.38. The molecule has 0 bridgehead atoms. The highest BCUT2D eigenvalue weighted by atomic mass is 14.9. The van der Waals surface area contributed by atoms with Crippen molar-refractivity contribution in [2.75, 3.05) is 13.1 Å². The summed E-state index contributed by atoms with van der Waals surface area (Å²) in [6.45, 7) is 17.4. The molecule has 1 atom stereocenters. The molecule has 0 saturated carbocycles. The standard InChI is InChI=1S/C8H17N.2C2H6/c1-7-4-8(2,3)6-9-5-7;2*1-2/h7,9H,4-6H2,1-3H3;2*1-2H3. The predicted molar refractivity (Wildman–Crippen MR) is 63.1 cm³/mol. The zero-order valence-corrected chi connectivity index (χ0v) is 10.7. The third-order valence-electron chi connectivity index (χ3n) is 2.00. The number of rotatable bonds is 0. The first-order valence-corrected chi connectivity index (χ1v) is 5.81. The number of hydrogen-bond acceptors (Lipinski definition) is 1. The minimum Gasteiger partial charge on any atom is -0.316 e. The molecule has 82 valence electrons. The van der Waals surface area contributed by atoms with E-state index in [0.29, 0.717) is 5.41 Å². The Morgan fingerprint density at radius 3 is 1.77 bits per heavy atom. The van der Waals surface area contributed by atoms with E-state index in [2.05, 4.69) is 26.1 Å². The lowest BCUT2D eigenvalue weighted by Crippen LogP contribution is -2.40. The predicted octanol–water partition coefficient (Wildman–Crippen LogP) is 3.69. The summed E-state index contributed by atoms with van der Waals surface area (Å²) < 4.78 is 0. The maximum absolute atomic E-state index is 3.42. The number of nitrogens with one attached hydrogen (secondary N) is 1. The summed E-state index contributed by atoms with van der Waals surface area (Å²) in [5.74, 6) is 0.869. The first kappa shape index (κ1) is 15.4. The topological polar surface area (TPSA) is 12.0 Å². The van der Waals surface area contributed by atoms with E-state index in [-0.39, 0.29) is 0 Å². The van der Waals surface area contributed by atoms with Gasteiger partial charge in [-0.05, 0) is 24.3 Å². The van der Waals surface area contributed by atoms with Crippen LogP contribution in [-0.4, -0.2) is 13.1 Å². The minimum absolute atomic E-state index is 0.539. The molecule has 1 aliphatic heterocycles. The van der Waals surface area contributed by atoms with Crippen molar-refractivity contribution in [1.29, 1.82) is 0 Å². The van der Waals surface area contributed by atoms with E-state index < -0.39 is 0 Å². The molecule has 0 aromatic heterocycles. The van der Waals surface area contributed by atoms with Gasteiger partial charge in [0, 0.05) is 6.54 Å². The van der Waals surface area contributed by atoms with E-state index in [1.54, 1.807) is 0 Å². The molecule has 0 aromatic carbocycles. The molecule has 0 amide bonds. The minimum atomic E-state index is 0.539. The van der Waals surface area contributed by atoms with Crippen LogP contribution in [0.3, 0.4) is 0 Å². The Hall–Kier alpha value is -0.0400. The lowest BCUT2D eigenvalue weighted by atomic mass is 9.80. The molecule has 1 unspecified atom stereocenters. The first-order valence-electron chi connectivity index (χ1n) is 5.81. The van der Waals surface area contributed by atoms with Crippen molar-refractivity contribution >= 4 is 0 Å². The van der Waals surface area contributed by atoms with E-state index in [9.17, 15) is 0 Å². The van der Waals surface area contributed by atoms with E-state index in [1.165, 1.54) is 19.5 Å². The highest BCUT2D eigenvalue weighted by molar-refractivity contribution is 4.79. The van der Waals surface area contributed by atoms with Crippen LogP contribution < -0.4 is 5.32 Å². The molecule has 1 rings (SSSR count). The van der Waals surface area contributed by atoms with Crippen molar-refractivity contribution in [1.82, 2.24) is 5.32 Å². The van der Waals surface area contributed by atoms with E-state index in [1.807, 2.05) is 27.7 Å². The van der Waals surface area contributed by atoms with Gasteiger partial charge in [-0.15, -0.1) is 0 Å². The fraction of sp³-hybridized carbons (Fsp3) is 1.00. The zero-order valence-electron chi connectivity index (χ0n) is 10.7. The SMILES string of the molecule is CC.CC.CC1CNCC(C)(C)C1. The van der Waals surface area contributed by atoms with Crippen molar-refractivity contribution in [2.45, 2.75) is 54.9 Å². The lowest BCUT2D eigenvalue weighted by Gasteiger charge is -2.34. The Morgan fingerprint density at radius 2 is 1.54 bits per heavy atom. The highest BCUT2D eigenvalue weighted by Crippen LogP contribution is 2.27. The lowest BCUT2D eigenvalue weighted by molar-refractivity contribution is 0.211. The van der Waals surface area contributed by atoms with Crippen LogP contribution in [0.4, 0.5) is 0 Å². The van der Waals surface area contributed by atoms with Gasteiger partial charge in [-0.2, -0.15) is 0 Å². The van der Waals surface area contributed by atoms with Crippen molar-refractivity contribution < 1.29 is 0 Å². The van der Waals surface area contributed by atoms with Crippen molar-refractivity contribution in [2.24, 2.45) is 11.3 Å². The molecule has 0 aliphatic carbocycles. The molecule has 1 heterocycles. The van der Waals surface area contributed by atoms with Crippen LogP contribution in [0, 0.1) is 11.3 Å². The van der Waals surface area contributed by atoms with Gasteiger partial charge in [-0.1, -0.05) is 48.5 Å². The molecule has 1 nitrogen and oxygen atoms in total. The molecule has 1 saturated heterocycles. The molecule has 1 aliphatic rings. The van der Waals surface area contributed by atoms with Gasteiger partial charge in [0.15, 0.2) is 0 Å². The molecule has 13 heavy (non-hydrogen) atoms. The van der Waals surface area contributed by atoms with Gasteiger partial charge >= 0.3 is 0 Å². The van der Waals surface area contributed by atoms with Gasteiger partial charge in [0.05, 0.1) is 0 Å². The second kappa shape index (κ2) is 8.55. The number of hydrogen-bond donors (Lipinski definition) is 1. The Kier molecular flexibility index (Phi) is 10.2. The summed E-state index contributed by atoms with van der Waals surface area (Å²) >= 11 is 0. The Morgan fingerprint density at radius 1 is 1.08 bits per heavy atom. The second-order valence-corrected chi connectivity index (χ2v) is 4.10. The summed E-state index contributed by atoms with van der Waals surface area (Å²) in [7, 11) is 0. The molecule has 1 N–H and O–H groups in total. The molecule has 0 spiro atoms. The normalized spacial score (nSPS) is 24.7. The Balaban J connectivity index is 0. The van der Waals surface area contributed by atoms with Crippen LogP contribution in [-0.2, 0) is 0 Å². The van der Waals surface area contributed by atoms with Gasteiger partial charge in [-0.25, -0.2) is 0 Å². The largest absolute Gasteiger partial charge is 0.316 e. The average Bonchev–Trinajstić information content (AvgIpc) is 2.09. The van der Waals surface area contributed by atoms with Gasteiger partial charge < -0.3 is 5.32 Å². The third-order valence-corrected chi connectivity index (χ3v) is 2.00. The van der Waals surface area contributed by atoms with Gasteiger partial charge in [-0.3, -0.25) is 0 Å². The van der Waals surface area contributed by atoms with Gasteiger partial charge in [0.2, 0.25) is 0 Å². The Bertz CT molecular complexity index is 97.3. The summed E-state index contributed by atoms with van der Waals surface area (Å²) in [6, 6.07) is 0. The summed E-state index contributed by atoms with van der Waals surface area (Å²) in [5, 5.41) is 3.42. The quantitative estimate of drug-likeness (QED) is 0.610. The van der Waals surface area contributed by atoms with Crippen LogP contribution in [0.1, 0.15) is 54.9 Å². The van der Waals surface area contributed by atoms with E-state index in [0.717, 1.165) is 5.92 Å². The van der Waals surface area contributed by atoms with Gasteiger partial charge in [0.1, 0.15) is 0 Å². The molecule has 0 radical (unpaired) electrons. The monoisotopic (exact) mass is 187 g/mol. The molecule has 1 fully saturated rings. The Labute approximate surface area is 85.3 Å². The zero-order chi connectivity index (χ0) is 10.9.